The summed E-state index contributed by atoms with van der Waals surface area (Å²) < 4.78 is 0. The molecule has 0 fully saturated rings. The molecule has 7 nitrogen and oxygen atoms in total. The van der Waals surface area contributed by atoms with E-state index in [1.54, 1.807) is 6.92 Å². The molecule has 16 heavy (non-hydrogen) atoms. The Bertz CT molecular complexity index is 392. The van der Waals surface area contributed by atoms with E-state index in [4.69, 9.17) is 11.5 Å². The predicted octanol–water partition coefficient (Wildman–Crippen LogP) is -0.244. The van der Waals surface area contributed by atoms with E-state index < -0.39 is 6.03 Å². The first-order chi connectivity index (χ1) is 7.50. The Hall–Kier alpha value is -2.05. The van der Waals surface area contributed by atoms with Crippen LogP contribution in [0.15, 0.2) is 0 Å². The molecular weight excluding hydrogens is 208 g/mol. The van der Waals surface area contributed by atoms with Crippen LogP contribution in [-0.4, -0.2) is 29.1 Å². The number of amides is 2. The third kappa shape index (κ3) is 3.26. The van der Waals surface area contributed by atoms with Crippen molar-refractivity contribution in [2.75, 3.05) is 24.1 Å². The van der Waals surface area contributed by atoms with Gasteiger partial charge in [-0.1, -0.05) is 0 Å². The Morgan fingerprint density at radius 1 is 1.31 bits per heavy atom. The Balaban J connectivity index is 2.57. The SMILES string of the molecule is Cc1nc(N)c(C)c(NCCNC(N)=O)n1. The Labute approximate surface area is 93.6 Å². The zero-order chi connectivity index (χ0) is 12.1. The minimum absolute atomic E-state index is 0.428. The summed E-state index contributed by atoms with van der Waals surface area (Å²) in [6, 6.07) is -0.545. The van der Waals surface area contributed by atoms with E-state index >= 15 is 0 Å². The lowest BCUT2D eigenvalue weighted by Gasteiger charge is -2.10. The van der Waals surface area contributed by atoms with Gasteiger partial charge in [0.05, 0.1) is 0 Å². The molecule has 6 N–H and O–H groups in total. The number of carbonyl (C=O) groups excluding carboxylic acids is 1. The summed E-state index contributed by atoms with van der Waals surface area (Å²) in [6.07, 6.45) is 0. The number of urea groups is 1. The van der Waals surface area contributed by atoms with Gasteiger partial charge in [0.2, 0.25) is 0 Å². The van der Waals surface area contributed by atoms with E-state index in [1.165, 1.54) is 0 Å². The maximum atomic E-state index is 10.4. The molecule has 0 aromatic carbocycles. The second kappa shape index (κ2) is 5.15. The summed E-state index contributed by atoms with van der Waals surface area (Å²) >= 11 is 0. The third-order valence-corrected chi connectivity index (χ3v) is 2.01. The van der Waals surface area contributed by atoms with E-state index in [0.717, 1.165) is 5.56 Å². The first kappa shape index (κ1) is 12.0. The molecule has 1 aromatic rings. The number of rotatable bonds is 4. The van der Waals surface area contributed by atoms with E-state index in [9.17, 15) is 4.79 Å². The third-order valence-electron chi connectivity index (χ3n) is 2.01. The maximum Gasteiger partial charge on any atom is 0.312 e. The van der Waals surface area contributed by atoms with Gasteiger partial charge in [-0.25, -0.2) is 14.8 Å². The predicted molar refractivity (Wildman–Crippen MR) is 62.0 cm³/mol. The van der Waals surface area contributed by atoms with E-state index in [2.05, 4.69) is 20.6 Å². The van der Waals surface area contributed by atoms with Crippen LogP contribution in [0.3, 0.4) is 0 Å². The highest BCUT2D eigenvalue weighted by atomic mass is 16.2. The largest absolute Gasteiger partial charge is 0.383 e. The van der Waals surface area contributed by atoms with Crippen LogP contribution in [-0.2, 0) is 0 Å². The lowest BCUT2D eigenvalue weighted by atomic mass is 10.3. The van der Waals surface area contributed by atoms with Crippen molar-refractivity contribution >= 4 is 17.7 Å². The lowest BCUT2D eigenvalue weighted by molar-refractivity contribution is 0.249. The van der Waals surface area contributed by atoms with Gasteiger partial charge in [-0.15, -0.1) is 0 Å². The summed E-state index contributed by atoms with van der Waals surface area (Å²) in [5.74, 6) is 1.74. The minimum Gasteiger partial charge on any atom is -0.383 e. The molecule has 0 aliphatic carbocycles. The molecule has 0 aliphatic rings. The van der Waals surface area contributed by atoms with Crippen LogP contribution in [0.2, 0.25) is 0 Å². The van der Waals surface area contributed by atoms with Crippen LogP contribution in [0.5, 0.6) is 0 Å². The molecule has 0 saturated heterocycles. The second-order valence-electron chi connectivity index (χ2n) is 3.35. The Kier molecular flexibility index (Phi) is 3.87. The highest BCUT2D eigenvalue weighted by molar-refractivity contribution is 5.71. The molecule has 1 heterocycles. The number of aryl methyl sites for hydroxylation is 1. The molecule has 0 unspecified atom stereocenters. The van der Waals surface area contributed by atoms with Crippen LogP contribution in [0.4, 0.5) is 16.4 Å². The molecule has 0 aliphatic heterocycles. The average molecular weight is 224 g/mol. The molecule has 88 valence electrons. The van der Waals surface area contributed by atoms with Gasteiger partial charge in [-0.2, -0.15) is 0 Å². The molecule has 0 radical (unpaired) electrons. The van der Waals surface area contributed by atoms with Crippen LogP contribution in [0.25, 0.3) is 0 Å². The van der Waals surface area contributed by atoms with Crippen molar-refractivity contribution in [1.29, 1.82) is 0 Å². The smallest absolute Gasteiger partial charge is 0.312 e. The number of hydrogen-bond donors (Lipinski definition) is 4. The van der Waals surface area contributed by atoms with Crippen LogP contribution >= 0.6 is 0 Å². The number of carbonyl (C=O) groups is 1. The van der Waals surface area contributed by atoms with Crippen molar-refractivity contribution < 1.29 is 4.79 Å². The molecule has 0 bridgehead atoms. The quantitative estimate of drug-likeness (QED) is 0.526. The van der Waals surface area contributed by atoms with Gasteiger partial charge in [-0.05, 0) is 13.8 Å². The van der Waals surface area contributed by atoms with Crippen LogP contribution in [0, 0.1) is 13.8 Å². The van der Waals surface area contributed by atoms with Crippen molar-refractivity contribution in [1.82, 2.24) is 15.3 Å². The number of hydrogen-bond acceptors (Lipinski definition) is 5. The molecule has 2 amide bonds. The number of anilines is 2. The fourth-order valence-electron chi connectivity index (χ4n) is 1.19. The number of nitrogens with two attached hydrogens (primary N) is 2. The van der Waals surface area contributed by atoms with Crippen LogP contribution in [0.1, 0.15) is 11.4 Å². The molecule has 0 atom stereocenters. The number of primary amides is 1. The summed E-state index contributed by atoms with van der Waals surface area (Å²) in [6.45, 7) is 4.55. The monoisotopic (exact) mass is 224 g/mol. The molecular formula is C9H16N6O. The van der Waals surface area contributed by atoms with Gasteiger partial charge < -0.3 is 22.1 Å². The van der Waals surface area contributed by atoms with Crippen molar-refractivity contribution in [2.24, 2.45) is 5.73 Å². The van der Waals surface area contributed by atoms with E-state index in [1.807, 2.05) is 6.92 Å². The summed E-state index contributed by atoms with van der Waals surface area (Å²) in [5, 5.41) is 5.51. The van der Waals surface area contributed by atoms with Gasteiger partial charge in [0.15, 0.2) is 0 Å². The molecule has 7 heteroatoms. The fourth-order valence-corrected chi connectivity index (χ4v) is 1.19. The molecule has 1 rings (SSSR count). The highest BCUT2D eigenvalue weighted by Crippen LogP contribution is 2.16. The Morgan fingerprint density at radius 2 is 2.00 bits per heavy atom. The summed E-state index contributed by atoms with van der Waals surface area (Å²) in [5.41, 5.74) is 11.4. The lowest BCUT2D eigenvalue weighted by Crippen LogP contribution is -2.33. The standard InChI is InChI=1S/C9H16N6O/c1-5-7(10)14-6(2)15-8(5)12-3-4-13-9(11)16/h3-4H2,1-2H3,(H3,11,13,16)(H3,10,12,14,15). The number of nitrogens with one attached hydrogen (secondary N) is 2. The van der Waals surface area contributed by atoms with Crippen molar-refractivity contribution in [2.45, 2.75) is 13.8 Å². The van der Waals surface area contributed by atoms with Crippen molar-refractivity contribution in [3.8, 4) is 0 Å². The highest BCUT2D eigenvalue weighted by Gasteiger charge is 2.05. The molecule has 0 spiro atoms. The summed E-state index contributed by atoms with van der Waals surface area (Å²) in [7, 11) is 0. The van der Waals surface area contributed by atoms with E-state index in [0.29, 0.717) is 30.5 Å². The molecule has 1 aromatic heterocycles. The minimum atomic E-state index is -0.545. The second-order valence-corrected chi connectivity index (χ2v) is 3.35. The Morgan fingerprint density at radius 3 is 2.62 bits per heavy atom. The number of nitrogens with zero attached hydrogens (tertiary/aromatic N) is 2. The van der Waals surface area contributed by atoms with Crippen LogP contribution < -0.4 is 22.1 Å². The number of aromatic nitrogens is 2. The number of nitrogen functional groups attached to an aromatic ring is 1. The maximum absolute atomic E-state index is 10.4. The zero-order valence-electron chi connectivity index (χ0n) is 9.37. The van der Waals surface area contributed by atoms with Crippen molar-refractivity contribution in [3.05, 3.63) is 11.4 Å². The van der Waals surface area contributed by atoms with E-state index in [-0.39, 0.29) is 0 Å². The van der Waals surface area contributed by atoms with Gasteiger partial charge in [0, 0.05) is 18.7 Å². The first-order valence-corrected chi connectivity index (χ1v) is 4.88. The van der Waals surface area contributed by atoms with Gasteiger partial charge in [0.25, 0.3) is 0 Å². The summed E-state index contributed by atoms with van der Waals surface area (Å²) in [4.78, 5) is 18.7. The zero-order valence-corrected chi connectivity index (χ0v) is 9.37. The van der Waals surface area contributed by atoms with Gasteiger partial charge in [-0.3, -0.25) is 0 Å². The van der Waals surface area contributed by atoms with Gasteiger partial charge in [0.1, 0.15) is 17.5 Å². The van der Waals surface area contributed by atoms with Gasteiger partial charge >= 0.3 is 6.03 Å². The van der Waals surface area contributed by atoms with Crippen molar-refractivity contribution in [3.63, 3.8) is 0 Å². The molecule has 0 saturated carbocycles. The average Bonchev–Trinajstić information content (AvgIpc) is 2.19. The topological polar surface area (TPSA) is 119 Å². The first-order valence-electron chi connectivity index (χ1n) is 4.88. The normalized spacial score (nSPS) is 9.88. The fraction of sp³-hybridized carbons (Fsp3) is 0.444.